The Bertz CT molecular complexity index is 477. The molecule has 7 heteroatoms. The van der Waals surface area contributed by atoms with Crippen molar-refractivity contribution in [3.63, 3.8) is 0 Å². The second kappa shape index (κ2) is 7.98. The number of carbonyl (C=O) groups excluding carboxylic acids is 1. The third-order valence-corrected chi connectivity index (χ3v) is 2.40. The van der Waals surface area contributed by atoms with E-state index in [2.05, 4.69) is 10.6 Å². The first-order chi connectivity index (χ1) is 9.52. The second-order valence-electron chi connectivity index (χ2n) is 4.23. The van der Waals surface area contributed by atoms with E-state index in [1.54, 1.807) is 6.07 Å². The van der Waals surface area contributed by atoms with E-state index in [-0.39, 0.29) is 11.6 Å². The second-order valence-corrected chi connectivity index (χ2v) is 4.23. The van der Waals surface area contributed by atoms with E-state index in [0.717, 1.165) is 6.42 Å². The minimum absolute atomic E-state index is 0.0272. The number of nitro groups is 1. The van der Waals surface area contributed by atoms with E-state index in [1.165, 1.54) is 19.1 Å². The van der Waals surface area contributed by atoms with Gasteiger partial charge in [-0.05, 0) is 6.42 Å². The number of nitro benzene ring substituents is 1. The van der Waals surface area contributed by atoms with E-state index in [0.29, 0.717) is 31.1 Å². The third kappa shape index (κ3) is 5.55. The van der Waals surface area contributed by atoms with Gasteiger partial charge in [-0.2, -0.15) is 0 Å². The van der Waals surface area contributed by atoms with E-state index < -0.39 is 4.92 Å². The molecule has 0 fully saturated rings. The Kier molecular flexibility index (Phi) is 6.28. The van der Waals surface area contributed by atoms with Gasteiger partial charge in [0.1, 0.15) is 5.75 Å². The fourth-order valence-electron chi connectivity index (χ4n) is 1.54. The average Bonchev–Trinajstić information content (AvgIpc) is 2.41. The van der Waals surface area contributed by atoms with Crippen LogP contribution in [0.1, 0.15) is 20.3 Å². The van der Waals surface area contributed by atoms with Crippen molar-refractivity contribution in [3.8, 4) is 5.75 Å². The van der Waals surface area contributed by atoms with Crippen molar-refractivity contribution in [2.75, 3.05) is 25.0 Å². The van der Waals surface area contributed by atoms with Crippen molar-refractivity contribution < 1.29 is 14.5 Å². The molecule has 0 atom stereocenters. The third-order valence-electron chi connectivity index (χ3n) is 2.40. The molecule has 0 aromatic heterocycles. The van der Waals surface area contributed by atoms with Crippen molar-refractivity contribution >= 4 is 17.3 Å². The molecule has 0 radical (unpaired) electrons. The zero-order chi connectivity index (χ0) is 15.0. The summed E-state index contributed by atoms with van der Waals surface area (Å²) in [6, 6.07) is 4.54. The molecule has 2 N–H and O–H groups in total. The van der Waals surface area contributed by atoms with Crippen molar-refractivity contribution in [2.45, 2.75) is 20.3 Å². The molecule has 0 heterocycles. The number of non-ortho nitro benzene ring substituents is 1. The average molecular weight is 281 g/mol. The monoisotopic (exact) mass is 281 g/mol. The molecular weight excluding hydrogens is 262 g/mol. The molecule has 0 unspecified atom stereocenters. The van der Waals surface area contributed by atoms with Gasteiger partial charge in [-0.3, -0.25) is 14.9 Å². The van der Waals surface area contributed by atoms with E-state index in [1.807, 2.05) is 6.92 Å². The van der Waals surface area contributed by atoms with Crippen LogP contribution >= 0.6 is 0 Å². The molecule has 0 aliphatic heterocycles. The number of nitrogens with one attached hydrogen (secondary N) is 2. The molecule has 20 heavy (non-hydrogen) atoms. The van der Waals surface area contributed by atoms with Gasteiger partial charge in [0.2, 0.25) is 5.91 Å². The van der Waals surface area contributed by atoms with Gasteiger partial charge in [0.05, 0.1) is 17.6 Å². The number of rotatable bonds is 8. The number of hydrogen-bond acceptors (Lipinski definition) is 5. The van der Waals surface area contributed by atoms with Crippen molar-refractivity contribution in [1.82, 2.24) is 5.32 Å². The van der Waals surface area contributed by atoms with Gasteiger partial charge in [-0.25, -0.2) is 0 Å². The molecule has 1 rings (SSSR count). The van der Waals surface area contributed by atoms with E-state index >= 15 is 0 Å². The summed E-state index contributed by atoms with van der Waals surface area (Å²) in [6.07, 6.45) is 0.827. The van der Waals surface area contributed by atoms with Crippen LogP contribution in [0.25, 0.3) is 0 Å². The lowest BCUT2D eigenvalue weighted by Gasteiger charge is -2.10. The number of hydrogen-bond donors (Lipinski definition) is 2. The molecule has 0 spiro atoms. The molecule has 0 bridgehead atoms. The lowest BCUT2D eigenvalue weighted by atomic mass is 10.2. The molecule has 1 aromatic carbocycles. The van der Waals surface area contributed by atoms with Gasteiger partial charge >= 0.3 is 0 Å². The Hall–Kier alpha value is -2.31. The first kappa shape index (κ1) is 15.7. The SMILES string of the molecule is CCCOc1cc(NCCNC(C)=O)cc([N+](=O)[O-])c1. The van der Waals surface area contributed by atoms with Gasteiger partial charge in [0, 0.05) is 37.8 Å². The molecule has 0 saturated heterocycles. The summed E-state index contributed by atoms with van der Waals surface area (Å²) >= 11 is 0. The molecule has 1 aromatic rings. The highest BCUT2D eigenvalue weighted by Gasteiger charge is 2.10. The lowest BCUT2D eigenvalue weighted by molar-refractivity contribution is -0.384. The summed E-state index contributed by atoms with van der Waals surface area (Å²) in [5.41, 5.74) is 0.566. The Morgan fingerprint density at radius 1 is 1.35 bits per heavy atom. The molecule has 1 amide bonds. The number of carbonyl (C=O) groups is 1. The molecule has 7 nitrogen and oxygen atoms in total. The minimum atomic E-state index is -0.461. The van der Waals surface area contributed by atoms with Gasteiger partial charge in [0.15, 0.2) is 0 Å². The predicted molar refractivity (Wildman–Crippen MR) is 76.1 cm³/mol. The number of benzene rings is 1. The first-order valence-corrected chi connectivity index (χ1v) is 6.43. The van der Waals surface area contributed by atoms with Crippen LogP contribution in [0.4, 0.5) is 11.4 Å². The van der Waals surface area contributed by atoms with Crippen molar-refractivity contribution in [1.29, 1.82) is 0 Å². The quantitative estimate of drug-likeness (QED) is 0.431. The highest BCUT2D eigenvalue weighted by atomic mass is 16.6. The summed E-state index contributed by atoms with van der Waals surface area (Å²) < 4.78 is 5.42. The van der Waals surface area contributed by atoms with Crippen LogP contribution in [-0.2, 0) is 4.79 Å². The number of anilines is 1. The van der Waals surface area contributed by atoms with Gasteiger partial charge in [-0.1, -0.05) is 6.92 Å². The van der Waals surface area contributed by atoms with Crippen LogP contribution in [-0.4, -0.2) is 30.5 Å². The summed E-state index contributed by atoms with van der Waals surface area (Å²) in [5.74, 6) is 0.348. The molecular formula is C13H19N3O4. The van der Waals surface area contributed by atoms with Crippen molar-refractivity contribution in [2.24, 2.45) is 0 Å². The van der Waals surface area contributed by atoms with Gasteiger partial charge < -0.3 is 15.4 Å². The van der Waals surface area contributed by atoms with Gasteiger partial charge in [-0.15, -0.1) is 0 Å². The fraction of sp³-hybridized carbons (Fsp3) is 0.462. The summed E-state index contributed by atoms with van der Waals surface area (Å²) in [7, 11) is 0. The van der Waals surface area contributed by atoms with Crippen LogP contribution in [0.2, 0.25) is 0 Å². The molecule has 0 aliphatic rings. The predicted octanol–water partition coefficient (Wildman–Crippen LogP) is 1.93. The fourth-order valence-corrected chi connectivity index (χ4v) is 1.54. The maximum absolute atomic E-state index is 10.9. The van der Waals surface area contributed by atoms with Crippen LogP contribution in [0.3, 0.4) is 0 Å². The highest BCUT2D eigenvalue weighted by molar-refractivity contribution is 5.72. The Morgan fingerprint density at radius 2 is 2.10 bits per heavy atom. The molecule has 110 valence electrons. The Labute approximate surface area is 117 Å². The van der Waals surface area contributed by atoms with Crippen LogP contribution in [0.15, 0.2) is 18.2 Å². The molecule has 0 saturated carbocycles. The van der Waals surface area contributed by atoms with E-state index in [4.69, 9.17) is 4.74 Å². The molecule has 0 aliphatic carbocycles. The van der Waals surface area contributed by atoms with Crippen molar-refractivity contribution in [3.05, 3.63) is 28.3 Å². The largest absolute Gasteiger partial charge is 0.493 e. The highest BCUT2D eigenvalue weighted by Crippen LogP contribution is 2.26. The number of amides is 1. The Balaban J connectivity index is 2.70. The summed E-state index contributed by atoms with van der Waals surface area (Å²) in [6.45, 7) is 4.83. The van der Waals surface area contributed by atoms with E-state index in [9.17, 15) is 14.9 Å². The standard InChI is InChI=1S/C13H19N3O4/c1-3-6-20-13-8-11(7-12(9-13)16(18)19)15-5-4-14-10(2)17/h7-9,15H,3-6H2,1-2H3,(H,14,17). The zero-order valence-electron chi connectivity index (χ0n) is 11.6. The smallest absolute Gasteiger partial charge is 0.275 e. The van der Waals surface area contributed by atoms with Crippen LogP contribution in [0, 0.1) is 10.1 Å². The lowest BCUT2D eigenvalue weighted by Crippen LogP contribution is -2.26. The van der Waals surface area contributed by atoms with Gasteiger partial charge in [0.25, 0.3) is 5.69 Å². The topological polar surface area (TPSA) is 93.5 Å². The number of ether oxygens (including phenoxy) is 1. The number of nitrogens with zero attached hydrogens (tertiary/aromatic N) is 1. The normalized spacial score (nSPS) is 9.90. The maximum atomic E-state index is 10.9. The maximum Gasteiger partial charge on any atom is 0.275 e. The van der Waals surface area contributed by atoms with Crippen LogP contribution in [0.5, 0.6) is 5.75 Å². The van der Waals surface area contributed by atoms with Crippen LogP contribution < -0.4 is 15.4 Å². The zero-order valence-corrected chi connectivity index (χ0v) is 11.6. The summed E-state index contributed by atoms with van der Waals surface area (Å²) in [5, 5.41) is 16.5. The minimum Gasteiger partial charge on any atom is -0.493 e. The Morgan fingerprint density at radius 3 is 2.70 bits per heavy atom. The summed E-state index contributed by atoms with van der Waals surface area (Å²) in [4.78, 5) is 21.1. The first-order valence-electron chi connectivity index (χ1n) is 6.43.